The number of carbonyl (C=O) groups is 2. The van der Waals surface area contributed by atoms with E-state index in [4.69, 9.17) is 11.6 Å². The van der Waals surface area contributed by atoms with Gasteiger partial charge in [0.25, 0.3) is 11.8 Å². The number of aromatic amines is 1. The summed E-state index contributed by atoms with van der Waals surface area (Å²) in [6.07, 6.45) is 2.45. The highest BCUT2D eigenvalue weighted by Gasteiger charge is 2.21. The largest absolute Gasteiger partial charge is 0.341 e. The van der Waals surface area contributed by atoms with Crippen LogP contribution in [-0.2, 0) is 0 Å². The van der Waals surface area contributed by atoms with Gasteiger partial charge in [-0.3, -0.25) is 9.59 Å². The Balaban J connectivity index is 1.47. The number of thiophene rings is 1. The van der Waals surface area contributed by atoms with Crippen LogP contribution < -0.4 is 10.6 Å². The van der Waals surface area contributed by atoms with Crippen LogP contribution in [0.5, 0.6) is 0 Å². The van der Waals surface area contributed by atoms with E-state index in [2.05, 4.69) is 20.6 Å². The zero-order valence-corrected chi connectivity index (χ0v) is 19.8. The van der Waals surface area contributed by atoms with E-state index in [-0.39, 0.29) is 17.9 Å². The van der Waals surface area contributed by atoms with Gasteiger partial charge in [-0.25, -0.2) is 4.98 Å². The van der Waals surface area contributed by atoms with E-state index in [1.54, 1.807) is 36.5 Å². The van der Waals surface area contributed by atoms with E-state index in [1.807, 2.05) is 44.2 Å². The molecule has 4 rings (SSSR count). The number of H-pyrrole nitrogens is 1. The normalized spacial score (nSPS) is 11.7. The number of hydrogen-bond donors (Lipinski definition) is 3. The molecule has 0 saturated carbocycles. The second kappa shape index (κ2) is 10.0. The fourth-order valence-electron chi connectivity index (χ4n) is 3.46. The molecule has 33 heavy (non-hydrogen) atoms. The molecule has 0 bridgehead atoms. The van der Waals surface area contributed by atoms with Crippen molar-refractivity contribution in [2.24, 2.45) is 0 Å². The summed E-state index contributed by atoms with van der Waals surface area (Å²) in [5, 5.41) is 6.85. The molecule has 6 nitrogen and oxygen atoms in total. The van der Waals surface area contributed by atoms with Gasteiger partial charge in [-0.05, 0) is 42.7 Å². The highest BCUT2D eigenvalue weighted by molar-refractivity contribution is 7.18. The number of nitrogens with one attached hydrogen (secondary N) is 3. The van der Waals surface area contributed by atoms with Crippen molar-refractivity contribution in [3.63, 3.8) is 0 Å². The minimum atomic E-state index is -0.315. The summed E-state index contributed by atoms with van der Waals surface area (Å²) in [5.41, 5.74) is 3.10. The Labute approximate surface area is 201 Å². The zero-order chi connectivity index (χ0) is 23.4. The number of rotatable bonds is 7. The summed E-state index contributed by atoms with van der Waals surface area (Å²) in [6, 6.07) is 18.3. The summed E-state index contributed by atoms with van der Waals surface area (Å²) >= 11 is 7.34. The van der Waals surface area contributed by atoms with Crippen LogP contribution in [0.25, 0.3) is 11.3 Å². The van der Waals surface area contributed by atoms with Crippen LogP contribution in [0.15, 0.2) is 66.9 Å². The number of nitrogens with zero attached hydrogens (tertiary/aromatic N) is 1. The summed E-state index contributed by atoms with van der Waals surface area (Å²) in [5.74, 6) is 0.177. The van der Waals surface area contributed by atoms with Crippen molar-refractivity contribution in [3.8, 4) is 11.3 Å². The van der Waals surface area contributed by atoms with Gasteiger partial charge in [-0.2, -0.15) is 0 Å². The van der Waals surface area contributed by atoms with Gasteiger partial charge >= 0.3 is 0 Å². The zero-order valence-electron chi connectivity index (χ0n) is 18.2. The number of benzene rings is 2. The molecule has 1 unspecified atom stereocenters. The quantitative estimate of drug-likeness (QED) is 0.294. The molecule has 168 valence electrons. The minimum absolute atomic E-state index is 0.208. The first-order valence-corrected chi connectivity index (χ1v) is 11.7. The first kappa shape index (κ1) is 22.8. The van der Waals surface area contributed by atoms with Crippen LogP contribution in [0.4, 0.5) is 5.00 Å². The molecule has 2 aromatic heterocycles. The molecule has 0 aliphatic heterocycles. The molecular formula is C25H23ClN4O2S. The highest BCUT2D eigenvalue weighted by atomic mass is 35.5. The van der Waals surface area contributed by atoms with Gasteiger partial charge in [0.2, 0.25) is 0 Å². The van der Waals surface area contributed by atoms with Crippen molar-refractivity contribution in [2.45, 2.75) is 26.3 Å². The molecular weight excluding hydrogens is 456 g/mol. The van der Waals surface area contributed by atoms with Crippen LogP contribution in [-0.4, -0.2) is 21.8 Å². The van der Waals surface area contributed by atoms with Gasteiger partial charge in [-0.15, -0.1) is 11.3 Å². The number of aryl methyl sites for hydroxylation is 1. The van der Waals surface area contributed by atoms with E-state index in [0.717, 1.165) is 16.8 Å². The second-order valence-corrected chi connectivity index (χ2v) is 9.00. The number of amides is 2. The third-order valence-corrected chi connectivity index (χ3v) is 6.68. The predicted octanol–water partition coefficient (Wildman–Crippen LogP) is 6.23. The van der Waals surface area contributed by atoms with Gasteiger partial charge in [0, 0.05) is 0 Å². The lowest BCUT2D eigenvalue weighted by Crippen LogP contribution is -2.28. The third-order valence-electron chi connectivity index (χ3n) is 5.20. The fourth-order valence-corrected chi connectivity index (χ4v) is 4.65. The van der Waals surface area contributed by atoms with Crippen LogP contribution in [0.2, 0.25) is 5.02 Å². The average Bonchev–Trinajstić information content (AvgIpc) is 3.45. The maximum atomic E-state index is 13.0. The smallest absolute Gasteiger partial charge is 0.262 e. The Morgan fingerprint density at radius 3 is 2.55 bits per heavy atom. The number of hydrogen-bond acceptors (Lipinski definition) is 4. The molecule has 2 aromatic carbocycles. The van der Waals surface area contributed by atoms with Crippen LogP contribution in [0.3, 0.4) is 0 Å². The van der Waals surface area contributed by atoms with Gasteiger partial charge in [-0.1, -0.05) is 61.0 Å². The van der Waals surface area contributed by atoms with E-state index in [9.17, 15) is 9.59 Å². The fraction of sp³-hybridized carbons (Fsp3) is 0.160. The number of carbonyl (C=O) groups excluding carboxylic acids is 2. The average molecular weight is 479 g/mol. The minimum Gasteiger partial charge on any atom is -0.341 e. The number of imidazole rings is 1. The van der Waals surface area contributed by atoms with Gasteiger partial charge in [0.1, 0.15) is 5.82 Å². The van der Waals surface area contributed by atoms with E-state index in [0.29, 0.717) is 32.7 Å². The van der Waals surface area contributed by atoms with Crippen molar-refractivity contribution in [1.82, 2.24) is 15.3 Å². The van der Waals surface area contributed by atoms with Gasteiger partial charge in [0.05, 0.1) is 38.4 Å². The van der Waals surface area contributed by atoms with Crippen molar-refractivity contribution in [3.05, 3.63) is 93.7 Å². The van der Waals surface area contributed by atoms with Crippen molar-refractivity contribution >= 4 is 39.8 Å². The number of halogens is 1. The Hall–Kier alpha value is -3.42. The molecule has 3 N–H and O–H groups in total. The standard InChI is InChI=1S/C25H23ClN4O2S/c1-3-19(23-27-14-20(28-23)16-9-5-4-6-10-16)29-25(32)22-15(2)13-21(33-22)30-24(31)17-11-7-8-12-18(17)26/h4-14,19H,3H2,1-2H3,(H,27,28)(H,29,32)(H,30,31). The third kappa shape index (κ3) is 5.16. The van der Waals surface area contributed by atoms with Gasteiger partial charge in [0.15, 0.2) is 0 Å². The summed E-state index contributed by atoms with van der Waals surface area (Å²) < 4.78 is 0. The van der Waals surface area contributed by atoms with Crippen molar-refractivity contribution < 1.29 is 9.59 Å². The van der Waals surface area contributed by atoms with Crippen molar-refractivity contribution in [2.75, 3.05) is 5.32 Å². The second-order valence-electron chi connectivity index (χ2n) is 7.54. The van der Waals surface area contributed by atoms with Crippen LogP contribution in [0.1, 0.15) is 50.8 Å². The van der Waals surface area contributed by atoms with E-state index < -0.39 is 0 Å². The summed E-state index contributed by atoms with van der Waals surface area (Å²) in [6.45, 7) is 3.84. The SMILES string of the molecule is CCC(NC(=O)c1sc(NC(=O)c2ccccc2Cl)cc1C)c1ncc(-c2ccccc2)[nH]1. The number of aromatic nitrogens is 2. The first-order valence-electron chi connectivity index (χ1n) is 10.5. The molecule has 2 amide bonds. The van der Waals surface area contributed by atoms with E-state index in [1.165, 1.54) is 11.3 Å². The Morgan fingerprint density at radius 1 is 1.09 bits per heavy atom. The van der Waals surface area contributed by atoms with Crippen LogP contribution >= 0.6 is 22.9 Å². The van der Waals surface area contributed by atoms with E-state index >= 15 is 0 Å². The molecule has 0 fully saturated rings. The number of anilines is 1. The Bertz CT molecular complexity index is 1280. The maximum absolute atomic E-state index is 13.0. The first-order chi connectivity index (χ1) is 16.0. The van der Waals surface area contributed by atoms with Crippen LogP contribution in [0, 0.1) is 6.92 Å². The predicted molar refractivity (Wildman–Crippen MR) is 133 cm³/mol. The molecule has 1 atom stereocenters. The maximum Gasteiger partial charge on any atom is 0.262 e. The molecule has 0 saturated heterocycles. The summed E-state index contributed by atoms with van der Waals surface area (Å²) in [7, 11) is 0. The van der Waals surface area contributed by atoms with Crippen molar-refractivity contribution in [1.29, 1.82) is 0 Å². The lowest BCUT2D eigenvalue weighted by Gasteiger charge is -2.14. The lowest BCUT2D eigenvalue weighted by atomic mass is 10.2. The Morgan fingerprint density at radius 2 is 1.82 bits per heavy atom. The van der Waals surface area contributed by atoms with Gasteiger partial charge < -0.3 is 15.6 Å². The molecule has 4 aromatic rings. The molecule has 0 aliphatic carbocycles. The summed E-state index contributed by atoms with van der Waals surface area (Å²) in [4.78, 5) is 33.9. The molecule has 2 heterocycles. The molecule has 0 radical (unpaired) electrons. The monoisotopic (exact) mass is 478 g/mol. The molecule has 0 aliphatic rings. The molecule has 8 heteroatoms. The lowest BCUT2D eigenvalue weighted by molar-refractivity contribution is 0.0936. The Kier molecular flexibility index (Phi) is 6.91. The topological polar surface area (TPSA) is 86.9 Å². The molecule has 0 spiro atoms. The highest BCUT2D eigenvalue weighted by Crippen LogP contribution is 2.29.